The summed E-state index contributed by atoms with van der Waals surface area (Å²) >= 11 is 15.8. The van der Waals surface area contributed by atoms with Gasteiger partial charge in [-0.25, -0.2) is 9.97 Å². The molecule has 18 heavy (non-hydrogen) atoms. The van der Waals surface area contributed by atoms with Crippen LogP contribution in [-0.2, 0) is 5.41 Å². The summed E-state index contributed by atoms with van der Waals surface area (Å²) in [5, 5.41) is 0.495. The highest BCUT2D eigenvalue weighted by molar-refractivity contribution is 14.1. The molecule has 6 heteroatoms. The Morgan fingerprint density at radius 1 is 1.17 bits per heavy atom. The van der Waals surface area contributed by atoms with E-state index < -0.39 is 0 Å². The molecule has 0 fully saturated rings. The molecule has 96 valence electrons. The molecule has 2 heterocycles. The van der Waals surface area contributed by atoms with E-state index in [2.05, 4.69) is 53.3 Å². The van der Waals surface area contributed by atoms with Crippen molar-refractivity contribution < 1.29 is 0 Å². The molecule has 2 aromatic heterocycles. The first kappa shape index (κ1) is 14.5. The van der Waals surface area contributed by atoms with Crippen molar-refractivity contribution in [3.63, 3.8) is 0 Å². The Balaban J connectivity index is 2.61. The maximum atomic E-state index is 6.19. The molecule has 0 spiro atoms. The molecule has 0 aliphatic carbocycles. The second kappa shape index (κ2) is 5.23. The molecule has 0 aromatic carbocycles. The maximum absolute atomic E-state index is 6.19. The van der Waals surface area contributed by atoms with Crippen LogP contribution in [0.4, 0.5) is 0 Å². The van der Waals surface area contributed by atoms with E-state index in [4.69, 9.17) is 23.2 Å². The van der Waals surface area contributed by atoms with E-state index >= 15 is 0 Å². The van der Waals surface area contributed by atoms with Crippen LogP contribution in [-0.4, -0.2) is 9.97 Å². The highest BCUT2D eigenvalue weighted by Crippen LogP contribution is 2.34. The number of rotatable bonds is 1. The van der Waals surface area contributed by atoms with Crippen LogP contribution in [0.2, 0.25) is 9.49 Å². The summed E-state index contributed by atoms with van der Waals surface area (Å²) in [6.45, 7) is 6.33. The number of hydrogen-bond donors (Lipinski definition) is 0. The van der Waals surface area contributed by atoms with Gasteiger partial charge < -0.3 is 0 Å². The Kier molecular flexibility index (Phi) is 4.21. The summed E-state index contributed by atoms with van der Waals surface area (Å²) in [5.74, 6) is 0.641. The fourth-order valence-corrected chi connectivity index (χ4v) is 3.66. The van der Waals surface area contributed by atoms with Crippen LogP contribution in [0.1, 0.15) is 26.5 Å². The lowest BCUT2D eigenvalue weighted by Gasteiger charge is -2.20. The van der Waals surface area contributed by atoms with Gasteiger partial charge in [-0.15, -0.1) is 11.3 Å². The van der Waals surface area contributed by atoms with Gasteiger partial charge in [-0.3, -0.25) is 0 Å². The highest BCUT2D eigenvalue weighted by atomic mass is 127. The molecule has 0 amide bonds. The van der Waals surface area contributed by atoms with Gasteiger partial charge in [0.05, 0.1) is 18.5 Å². The smallest absolute Gasteiger partial charge is 0.171 e. The van der Waals surface area contributed by atoms with Gasteiger partial charge in [0.25, 0.3) is 0 Å². The van der Waals surface area contributed by atoms with Crippen LogP contribution in [0.25, 0.3) is 10.7 Å². The number of thiophene rings is 1. The quantitative estimate of drug-likeness (QED) is 0.462. The molecule has 2 nitrogen and oxygen atoms in total. The van der Waals surface area contributed by atoms with Gasteiger partial charge in [-0.05, 0) is 34.7 Å². The van der Waals surface area contributed by atoms with Crippen LogP contribution in [0, 0.1) is 3.57 Å². The molecule has 2 rings (SSSR count). The molecule has 0 unspecified atom stereocenters. The molecular formula is C12H11Cl2IN2S. The summed E-state index contributed by atoms with van der Waals surface area (Å²) in [7, 11) is 0. The molecule has 0 aliphatic heterocycles. The van der Waals surface area contributed by atoms with Crippen molar-refractivity contribution in [2.75, 3.05) is 0 Å². The Labute approximate surface area is 134 Å². The van der Waals surface area contributed by atoms with Gasteiger partial charge in [0.15, 0.2) is 5.82 Å². The van der Waals surface area contributed by atoms with E-state index in [9.17, 15) is 0 Å². The minimum atomic E-state index is -0.0705. The summed E-state index contributed by atoms with van der Waals surface area (Å²) in [4.78, 5) is 9.90. The van der Waals surface area contributed by atoms with Crippen molar-refractivity contribution in [3.8, 4) is 10.7 Å². The predicted octanol–water partition coefficient (Wildman–Crippen LogP) is 5.41. The zero-order valence-corrected chi connectivity index (χ0v) is 14.6. The highest BCUT2D eigenvalue weighted by Gasteiger charge is 2.23. The summed E-state index contributed by atoms with van der Waals surface area (Å²) in [5.41, 5.74) is 0.890. The molecule has 0 radical (unpaired) electrons. The Morgan fingerprint density at radius 3 is 2.33 bits per heavy atom. The van der Waals surface area contributed by atoms with E-state index in [1.165, 1.54) is 11.3 Å². The summed E-state index contributed by atoms with van der Waals surface area (Å²) in [6, 6.07) is 3.76. The molecule has 0 saturated carbocycles. The summed E-state index contributed by atoms with van der Waals surface area (Å²) in [6.07, 6.45) is 0. The van der Waals surface area contributed by atoms with Crippen molar-refractivity contribution in [3.05, 3.63) is 30.9 Å². The molecule has 0 aliphatic rings. The number of aromatic nitrogens is 2. The van der Waals surface area contributed by atoms with E-state index in [-0.39, 0.29) is 5.41 Å². The first-order valence-corrected chi connectivity index (χ1v) is 7.93. The van der Waals surface area contributed by atoms with Gasteiger partial charge in [0.1, 0.15) is 5.15 Å². The molecule has 0 N–H and O–H groups in total. The van der Waals surface area contributed by atoms with Gasteiger partial charge in [-0.2, -0.15) is 0 Å². The SMILES string of the molecule is CC(C)(C)c1nc(-c2ccc(Cl)s2)nc(Cl)c1I. The predicted molar refractivity (Wildman–Crippen MR) is 86.8 cm³/mol. The van der Waals surface area contributed by atoms with Crippen LogP contribution in [0.5, 0.6) is 0 Å². The second-order valence-electron chi connectivity index (χ2n) is 4.85. The fourth-order valence-electron chi connectivity index (χ4n) is 1.46. The standard InChI is InChI=1S/C12H11Cl2IN2S/c1-12(2,3)9-8(15)10(14)17-11(16-9)6-4-5-7(13)18-6/h4-5H,1-3H3. The lowest BCUT2D eigenvalue weighted by atomic mass is 9.92. The van der Waals surface area contributed by atoms with Crippen molar-refractivity contribution in [2.24, 2.45) is 0 Å². The minimum absolute atomic E-state index is 0.0705. The third-order valence-corrected chi connectivity index (χ3v) is 5.16. The molecule has 0 saturated heterocycles. The zero-order chi connectivity index (χ0) is 13.5. The van der Waals surface area contributed by atoms with Crippen molar-refractivity contribution >= 4 is 57.1 Å². The van der Waals surface area contributed by atoms with Crippen molar-refractivity contribution in [1.29, 1.82) is 0 Å². The van der Waals surface area contributed by atoms with Crippen molar-refractivity contribution in [2.45, 2.75) is 26.2 Å². The Hall–Kier alpha value is 0.0900. The topological polar surface area (TPSA) is 25.8 Å². The maximum Gasteiger partial charge on any atom is 0.171 e. The molecule has 2 aromatic rings. The summed E-state index contributed by atoms with van der Waals surface area (Å²) < 4.78 is 1.63. The van der Waals surface area contributed by atoms with Gasteiger partial charge in [0, 0.05) is 5.41 Å². The van der Waals surface area contributed by atoms with Crippen LogP contribution in [0.15, 0.2) is 12.1 Å². The number of hydrogen-bond acceptors (Lipinski definition) is 3. The third-order valence-electron chi connectivity index (χ3n) is 2.31. The molecule has 0 atom stereocenters. The van der Waals surface area contributed by atoms with Gasteiger partial charge in [-0.1, -0.05) is 44.0 Å². The monoisotopic (exact) mass is 412 g/mol. The number of nitrogens with zero attached hydrogens (tertiary/aromatic N) is 2. The van der Waals surface area contributed by atoms with Crippen molar-refractivity contribution in [1.82, 2.24) is 9.97 Å². The van der Waals surface area contributed by atoms with Gasteiger partial charge in [0.2, 0.25) is 0 Å². The fraction of sp³-hybridized carbons (Fsp3) is 0.333. The van der Waals surface area contributed by atoms with E-state index in [1.54, 1.807) is 0 Å². The second-order valence-corrected chi connectivity index (χ2v) is 8.01. The Bertz CT molecular complexity index is 590. The third kappa shape index (κ3) is 2.98. The van der Waals surface area contributed by atoms with Crippen LogP contribution < -0.4 is 0 Å². The lowest BCUT2D eigenvalue weighted by Crippen LogP contribution is -2.17. The minimum Gasteiger partial charge on any atom is -0.231 e. The van der Waals surface area contributed by atoms with Gasteiger partial charge >= 0.3 is 0 Å². The first-order valence-electron chi connectivity index (χ1n) is 5.28. The molecule has 0 bridgehead atoms. The van der Waals surface area contributed by atoms with E-state index in [1.807, 2.05) is 12.1 Å². The average Bonchev–Trinajstić information content (AvgIpc) is 2.67. The molecular weight excluding hydrogens is 402 g/mol. The first-order chi connectivity index (χ1) is 8.29. The van der Waals surface area contributed by atoms with Crippen LogP contribution in [0.3, 0.4) is 0 Å². The Morgan fingerprint density at radius 2 is 1.83 bits per heavy atom. The average molecular weight is 413 g/mol. The number of halogens is 3. The lowest BCUT2D eigenvalue weighted by molar-refractivity contribution is 0.564. The normalized spacial score (nSPS) is 11.9. The zero-order valence-electron chi connectivity index (χ0n) is 10.1. The largest absolute Gasteiger partial charge is 0.231 e. The van der Waals surface area contributed by atoms with E-state index in [0.29, 0.717) is 11.0 Å². The van der Waals surface area contributed by atoms with Crippen LogP contribution >= 0.6 is 57.1 Å². The van der Waals surface area contributed by atoms with E-state index in [0.717, 1.165) is 18.5 Å².